The lowest BCUT2D eigenvalue weighted by Gasteiger charge is -2.01. The van der Waals surface area contributed by atoms with Gasteiger partial charge in [0.15, 0.2) is 0 Å². The Hall–Kier alpha value is -1.84. The van der Waals surface area contributed by atoms with E-state index in [2.05, 4.69) is 0 Å². The van der Waals surface area contributed by atoms with Crippen molar-refractivity contribution in [2.24, 2.45) is 17.2 Å². The van der Waals surface area contributed by atoms with Gasteiger partial charge >= 0.3 is 12.1 Å². The Balaban J connectivity index is 0. The van der Waals surface area contributed by atoms with Gasteiger partial charge in [-0.05, 0) is 0 Å². The van der Waals surface area contributed by atoms with Gasteiger partial charge in [-0.15, -0.1) is 0 Å². The maximum absolute atomic E-state index is 10.6. The zero-order valence-electron chi connectivity index (χ0n) is 7.82. The van der Waals surface area contributed by atoms with E-state index in [-0.39, 0.29) is 6.42 Å². The minimum Gasteiger partial charge on any atom is -0.475 e. The number of carboxylic acid groups (broad SMARTS) is 1. The van der Waals surface area contributed by atoms with E-state index >= 15 is 0 Å². The highest BCUT2D eigenvalue weighted by atomic mass is 19.4. The number of amides is 2. The van der Waals surface area contributed by atoms with E-state index in [0.717, 1.165) is 0 Å². The second-order valence-corrected chi connectivity index (χ2v) is 2.48. The highest BCUT2D eigenvalue weighted by molar-refractivity contribution is 5.86. The Morgan fingerprint density at radius 2 is 1.50 bits per heavy atom. The quantitative estimate of drug-likeness (QED) is 0.467. The standard InChI is InChI=1S/C4H9N3O2.C2HF3O2/c5-2(4(7)9)1-3(6)8;3-2(4,5)1(6)7/h2H,1,5H2,(H2,6,8)(H2,7,9);(H,6,7). The smallest absolute Gasteiger partial charge is 0.475 e. The molecule has 16 heavy (non-hydrogen) atoms. The monoisotopic (exact) mass is 245 g/mol. The Labute approximate surface area is 87.4 Å². The Morgan fingerprint density at radius 1 is 1.19 bits per heavy atom. The van der Waals surface area contributed by atoms with Crippen molar-refractivity contribution in [2.45, 2.75) is 18.6 Å². The highest BCUT2D eigenvalue weighted by Gasteiger charge is 2.38. The summed E-state index contributed by atoms with van der Waals surface area (Å²) >= 11 is 0. The van der Waals surface area contributed by atoms with Crippen LogP contribution in [0.3, 0.4) is 0 Å². The minimum atomic E-state index is -5.08. The molecule has 1 atom stereocenters. The first-order valence-electron chi connectivity index (χ1n) is 3.61. The molecule has 7 nitrogen and oxygen atoms in total. The Kier molecular flexibility index (Phi) is 6.85. The molecule has 0 aromatic rings. The van der Waals surface area contributed by atoms with E-state index in [1.807, 2.05) is 0 Å². The molecule has 0 aromatic heterocycles. The first-order chi connectivity index (χ1) is 6.98. The van der Waals surface area contributed by atoms with Crippen LogP contribution < -0.4 is 17.2 Å². The summed E-state index contributed by atoms with van der Waals surface area (Å²) in [6.07, 6.45) is -5.27. The van der Waals surface area contributed by atoms with Crippen LogP contribution in [0.5, 0.6) is 0 Å². The molecule has 10 heteroatoms. The molecule has 7 N–H and O–H groups in total. The maximum atomic E-state index is 10.6. The molecule has 0 aliphatic rings. The van der Waals surface area contributed by atoms with Crippen molar-refractivity contribution in [1.82, 2.24) is 0 Å². The fourth-order valence-corrected chi connectivity index (χ4v) is 0.317. The summed E-state index contributed by atoms with van der Waals surface area (Å²) in [5, 5.41) is 7.12. The van der Waals surface area contributed by atoms with Gasteiger partial charge in [-0.25, -0.2) is 4.79 Å². The molecular formula is C6H10F3N3O4. The number of alkyl halides is 3. The maximum Gasteiger partial charge on any atom is 0.490 e. The highest BCUT2D eigenvalue weighted by Crippen LogP contribution is 2.13. The summed E-state index contributed by atoms with van der Waals surface area (Å²) in [6, 6.07) is -0.942. The topological polar surface area (TPSA) is 149 Å². The number of carbonyl (C=O) groups excluding carboxylic acids is 2. The zero-order chi connectivity index (χ0) is 13.5. The third-order valence-corrected chi connectivity index (χ3v) is 1.03. The molecule has 1 unspecified atom stereocenters. The summed E-state index contributed by atoms with van der Waals surface area (Å²) in [6.45, 7) is 0. The number of carboxylic acids is 1. The van der Waals surface area contributed by atoms with Gasteiger partial charge in [0.1, 0.15) is 0 Å². The van der Waals surface area contributed by atoms with Crippen molar-refractivity contribution in [2.75, 3.05) is 0 Å². The van der Waals surface area contributed by atoms with E-state index in [1.54, 1.807) is 0 Å². The number of hydrogen-bond donors (Lipinski definition) is 4. The average Bonchev–Trinajstić information content (AvgIpc) is 2.01. The molecule has 0 spiro atoms. The van der Waals surface area contributed by atoms with Crippen LogP contribution in [-0.2, 0) is 14.4 Å². The van der Waals surface area contributed by atoms with Gasteiger partial charge in [-0.3, -0.25) is 9.59 Å². The number of rotatable bonds is 3. The molecule has 94 valence electrons. The second-order valence-electron chi connectivity index (χ2n) is 2.48. The summed E-state index contributed by atoms with van der Waals surface area (Å²) < 4.78 is 31.7. The summed E-state index contributed by atoms with van der Waals surface area (Å²) in [5.74, 6) is -4.09. The number of aliphatic carboxylic acids is 1. The fraction of sp³-hybridized carbons (Fsp3) is 0.500. The van der Waals surface area contributed by atoms with Gasteiger partial charge in [0.25, 0.3) is 0 Å². The van der Waals surface area contributed by atoms with Crippen LogP contribution in [0.1, 0.15) is 6.42 Å². The van der Waals surface area contributed by atoms with Gasteiger partial charge < -0.3 is 22.3 Å². The SMILES string of the molecule is NC(=O)CC(N)C(N)=O.O=C(O)C(F)(F)F. The minimum absolute atomic E-state index is 0.185. The lowest BCUT2D eigenvalue weighted by molar-refractivity contribution is -0.192. The van der Waals surface area contributed by atoms with Crippen LogP contribution in [0.25, 0.3) is 0 Å². The molecule has 0 aliphatic heterocycles. The van der Waals surface area contributed by atoms with E-state index < -0.39 is 30.0 Å². The van der Waals surface area contributed by atoms with Gasteiger partial charge in [0, 0.05) is 0 Å². The lowest BCUT2D eigenvalue weighted by atomic mass is 10.2. The number of carbonyl (C=O) groups is 3. The molecule has 0 saturated carbocycles. The molecule has 0 rings (SSSR count). The molecule has 0 heterocycles. The van der Waals surface area contributed by atoms with Crippen LogP contribution >= 0.6 is 0 Å². The van der Waals surface area contributed by atoms with Crippen molar-refractivity contribution in [3.63, 3.8) is 0 Å². The van der Waals surface area contributed by atoms with Crippen molar-refractivity contribution >= 4 is 17.8 Å². The molecule has 0 fully saturated rings. The van der Waals surface area contributed by atoms with Gasteiger partial charge in [-0.1, -0.05) is 0 Å². The van der Waals surface area contributed by atoms with Crippen LogP contribution in [0.4, 0.5) is 13.2 Å². The predicted octanol–water partition coefficient (Wildman–Crippen LogP) is -1.69. The van der Waals surface area contributed by atoms with Crippen LogP contribution in [0.15, 0.2) is 0 Å². The second kappa shape index (κ2) is 6.61. The van der Waals surface area contributed by atoms with Crippen LogP contribution in [0.2, 0.25) is 0 Å². The first-order valence-corrected chi connectivity index (χ1v) is 3.61. The normalized spacial score (nSPS) is 12.0. The molecular weight excluding hydrogens is 235 g/mol. The number of hydrogen-bond acceptors (Lipinski definition) is 4. The van der Waals surface area contributed by atoms with E-state index in [4.69, 9.17) is 27.1 Å². The average molecular weight is 245 g/mol. The van der Waals surface area contributed by atoms with Crippen LogP contribution in [0, 0.1) is 0 Å². The number of primary amides is 2. The molecule has 0 aliphatic carbocycles. The Morgan fingerprint density at radius 3 is 1.56 bits per heavy atom. The number of nitrogens with two attached hydrogens (primary N) is 3. The van der Waals surface area contributed by atoms with E-state index in [9.17, 15) is 22.8 Å². The van der Waals surface area contributed by atoms with Crippen molar-refractivity contribution in [3.05, 3.63) is 0 Å². The van der Waals surface area contributed by atoms with E-state index in [1.165, 1.54) is 0 Å². The third kappa shape index (κ3) is 10.2. The zero-order valence-corrected chi connectivity index (χ0v) is 7.82. The molecule has 0 aromatic carbocycles. The van der Waals surface area contributed by atoms with Crippen molar-refractivity contribution in [3.8, 4) is 0 Å². The summed E-state index contributed by atoms with van der Waals surface area (Å²) in [5.41, 5.74) is 14.5. The number of halogens is 3. The van der Waals surface area contributed by atoms with Gasteiger partial charge in [-0.2, -0.15) is 13.2 Å². The molecule has 2 amide bonds. The van der Waals surface area contributed by atoms with Crippen molar-refractivity contribution < 1.29 is 32.7 Å². The predicted molar refractivity (Wildman–Crippen MR) is 44.7 cm³/mol. The molecule has 0 bridgehead atoms. The lowest BCUT2D eigenvalue weighted by Crippen LogP contribution is -2.39. The molecule has 0 radical (unpaired) electrons. The third-order valence-electron chi connectivity index (χ3n) is 1.03. The van der Waals surface area contributed by atoms with Crippen molar-refractivity contribution in [1.29, 1.82) is 0 Å². The fourth-order valence-electron chi connectivity index (χ4n) is 0.317. The van der Waals surface area contributed by atoms with Gasteiger partial charge in [0.05, 0.1) is 12.5 Å². The largest absolute Gasteiger partial charge is 0.490 e. The van der Waals surface area contributed by atoms with E-state index in [0.29, 0.717) is 0 Å². The summed E-state index contributed by atoms with van der Waals surface area (Å²) in [7, 11) is 0. The van der Waals surface area contributed by atoms with Gasteiger partial charge in [0.2, 0.25) is 11.8 Å². The molecule has 0 saturated heterocycles. The van der Waals surface area contributed by atoms with Crippen LogP contribution in [-0.4, -0.2) is 35.1 Å². The Bertz CT molecular complexity index is 279. The first kappa shape index (κ1) is 16.6. The summed E-state index contributed by atoms with van der Waals surface area (Å²) in [4.78, 5) is 29.1.